The summed E-state index contributed by atoms with van der Waals surface area (Å²) >= 11 is 14.0. The van der Waals surface area contributed by atoms with Gasteiger partial charge in [0.25, 0.3) is 0 Å². The third-order valence-electron chi connectivity index (χ3n) is 2.45. The lowest BCUT2D eigenvalue weighted by Crippen LogP contribution is -2.11. The van der Waals surface area contributed by atoms with E-state index in [4.69, 9.17) is 29.6 Å². The molecule has 0 bridgehead atoms. The molecule has 0 heterocycles. The van der Waals surface area contributed by atoms with Gasteiger partial charge in [-0.25, -0.2) is 4.39 Å². The molecule has 2 nitrogen and oxygen atoms in total. The van der Waals surface area contributed by atoms with Gasteiger partial charge in [0.15, 0.2) is 0 Å². The SMILES string of the molecule is NC(=S)c1ccc(Br)cc1Nc1ccc(Cl)c(F)c1. The fourth-order valence-electron chi connectivity index (χ4n) is 1.56. The van der Waals surface area contributed by atoms with Crippen molar-refractivity contribution in [2.24, 2.45) is 5.73 Å². The van der Waals surface area contributed by atoms with Crippen molar-refractivity contribution in [2.45, 2.75) is 0 Å². The first-order chi connectivity index (χ1) is 8.97. The molecule has 0 saturated heterocycles. The van der Waals surface area contributed by atoms with Crippen molar-refractivity contribution in [3.63, 3.8) is 0 Å². The summed E-state index contributed by atoms with van der Waals surface area (Å²) in [6.07, 6.45) is 0. The molecule has 0 atom stereocenters. The molecule has 2 rings (SSSR count). The molecular formula is C13H9BrClFN2S. The highest BCUT2D eigenvalue weighted by molar-refractivity contribution is 9.10. The summed E-state index contributed by atoms with van der Waals surface area (Å²) in [5.41, 5.74) is 7.61. The minimum absolute atomic E-state index is 0.0781. The van der Waals surface area contributed by atoms with E-state index >= 15 is 0 Å². The van der Waals surface area contributed by atoms with Gasteiger partial charge in [-0.05, 0) is 36.4 Å². The molecule has 0 amide bonds. The average Bonchev–Trinajstić information content (AvgIpc) is 2.33. The number of halogens is 3. The molecule has 2 aromatic rings. The summed E-state index contributed by atoms with van der Waals surface area (Å²) in [6, 6.07) is 9.92. The van der Waals surface area contributed by atoms with E-state index in [0.717, 1.165) is 4.47 Å². The second kappa shape index (κ2) is 5.86. The summed E-state index contributed by atoms with van der Waals surface area (Å²) in [5, 5.41) is 3.14. The van der Waals surface area contributed by atoms with Gasteiger partial charge in [0.05, 0.1) is 5.02 Å². The van der Waals surface area contributed by atoms with Gasteiger partial charge >= 0.3 is 0 Å². The lowest BCUT2D eigenvalue weighted by molar-refractivity contribution is 0.629. The van der Waals surface area contributed by atoms with Gasteiger partial charge in [-0.3, -0.25) is 0 Å². The van der Waals surface area contributed by atoms with Crippen LogP contribution in [0.15, 0.2) is 40.9 Å². The molecule has 0 aliphatic carbocycles. The number of anilines is 2. The maximum absolute atomic E-state index is 13.4. The number of hydrogen-bond donors (Lipinski definition) is 2. The summed E-state index contributed by atoms with van der Waals surface area (Å²) in [4.78, 5) is 0.268. The van der Waals surface area contributed by atoms with E-state index in [9.17, 15) is 4.39 Å². The Morgan fingerprint density at radius 2 is 2.00 bits per heavy atom. The molecule has 0 aromatic heterocycles. The molecule has 0 spiro atoms. The Bertz CT molecular complexity index is 649. The lowest BCUT2D eigenvalue weighted by atomic mass is 10.1. The summed E-state index contributed by atoms with van der Waals surface area (Å²) in [7, 11) is 0. The number of thiocarbonyl (C=S) groups is 1. The van der Waals surface area contributed by atoms with Crippen LogP contribution in [0.25, 0.3) is 0 Å². The molecule has 19 heavy (non-hydrogen) atoms. The van der Waals surface area contributed by atoms with E-state index in [1.165, 1.54) is 12.1 Å². The van der Waals surface area contributed by atoms with Crippen molar-refractivity contribution >= 4 is 56.1 Å². The van der Waals surface area contributed by atoms with Crippen molar-refractivity contribution in [1.29, 1.82) is 0 Å². The van der Waals surface area contributed by atoms with Crippen LogP contribution in [0.3, 0.4) is 0 Å². The Morgan fingerprint density at radius 1 is 1.26 bits per heavy atom. The fourth-order valence-corrected chi connectivity index (χ4v) is 2.22. The number of hydrogen-bond acceptors (Lipinski definition) is 2. The Morgan fingerprint density at radius 3 is 2.63 bits per heavy atom. The van der Waals surface area contributed by atoms with Gasteiger partial charge < -0.3 is 11.1 Å². The Hall–Kier alpha value is -1.17. The van der Waals surface area contributed by atoms with E-state index in [2.05, 4.69) is 21.2 Å². The molecule has 3 N–H and O–H groups in total. The van der Waals surface area contributed by atoms with Crippen LogP contribution in [0.2, 0.25) is 5.02 Å². The molecule has 98 valence electrons. The van der Waals surface area contributed by atoms with Gasteiger partial charge in [-0.1, -0.05) is 39.7 Å². The van der Waals surface area contributed by atoms with E-state index in [1.54, 1.807) is 12.1 Å². The van der Waals surface area contributed by atoms with E-state index < -0.39 is 5.82 Å². The highest BCUT2D eigenvalue weighted by Crippen LogP contribution is 2.27. The molecule has 0 unspecified atom stereocenters. The van der Waals surface area contributed by atoms with E-state index in [-0.39, 0.29) is 10.0 Å². The smallest absolute Gasteiger partial charge is 0.143 e. The first kappa shape index (κ1) is 14.2. The van der Waals surface area contributed by atoms with Crippen LogP contribution in [0, 0.1) is 5.82 Å². The predicted octanol–water partition coefficient (Wildman–Crippen LogP) is 4.62. The molecular weight excluding hydrogens is 351 g/mol. The molecule has 2 aromatic carbocycles. The minimum Gasteiger partial charge on any atom is -0.389 e. The van der Waals surface area contributed by atoms with Crippen molar-refractivity contribution < 1.29 is 4.39 Å². The normalized spacial score (nSPS) is 10.3. The monoisotopic (exact) mass is 358 g/mol. The quantitative estimate of drug-likeness (QED) is 0.785. The van der Waals surface area contributed by atoms with Crippen LogP contribution in [0.5, 0.6) is 0 Å². The average molecular weight is 360 g/mol. The Balaban J connectivity index is 2.39. The summed E-state index contributed by atoms with van der Waals surface area (Å²) in [5.74, 6) is -0.487. The molecule has 0 fully saturated rings. The molecule has 0 aliphatic heterocycles. The van der Waals surface area contributed by atoms with Crippen molar-refractivity contribution in [2.75, 3.05) is 5.32 Å². The number of nitrogens with one attached hydrogen (secondary N) is 1. The van der Waals surface area contributed by atoms with E-state index in [1.807, 2.05) is 12.1 Å². The van der Waals surface area contributed by atoms with Gasteiger partial charge in [0.2, 0.25) is 0 Å². The summed E-state index contributed by atoms with van der Waals surface area (Å²) < 4.78 is 14.3. The fraction of sp³-hybridized carbons (Fsp3) is 0. The third-order valence-corrected chi connectivity index (χ3v) is 3.47. The lowest BCUT2D eigenvalue weighted by Gasteiger charge is -2.12. The third kappa shape index (κ3) is 3.43. The van der Waals surface area contributed by atoms with E-state index in [0.29, 0.717) is 16.9 Å². The van der Waals surface area contributed by atoms with Crippen LogP contribution in [0.4, 0.5) is 15.8 Å². The van der Waals surface area contributed by atoms with Crippen LogP contribution in [0.1, 0.15) is 5.56 Å². The highest BCUT2D eigenvalue weighted by atomic mass is 79.9. The first-order valence-electron chi connectivity index (χ1n) is 5.29. The van der Waals surface area contributed by atoms with Crippen molar-refractivity contribution in [3.8, 4) is 0 Å². The van der Waals surface area contributed by atoms with Gasteiger partial charge in [0, 0.05) is 21.4 Å². The zero-order valence-corrected chi connectivity index (χ0v) is 12.7. The number of nitrogens with two attached hydrogens (primary N) is 1. The zero-order chi connectivity index (χ0) is 14.0. The van der Waals surface area contributed by atoms with Crippen LogP contribution in [-0.4, -0.2) is 4.99 Å². The van der Waals surface area contributed by atoms with Gasteiger partial charge in [-0.2, -0.15) is 0 Å². The van der Waals surface area contributed by atoms with Gasteiger partial charge in [0.1, 0.15) is 10.8 Å². The largest absolute Gasteiger partial charge is 0.389 e. The highest BCUT2D eigenvalue weighted by Gasteiger charge is 2.07. The molecule has 6 heteroatoms. The maximum atomic E-state index is 13.4. The van der Waals surface area contributed by atoms with Crippen LogP contribution < -0.4 is 11.1 Å². The van der Waals surface area contributed by atoms with Crippen molar-refractivity contribution in [3.05, 3.63) is 57.3 Å². The van der Waals surface area contributed by atoms with Crippen LogP contribution >= 0.6 is 39.7 Å². The van der Waals surface area contributed by atoms with Crippen LogP contribution in [-0.2, 0) is 0 Å². The Labute approximate surface area is 128 Å². The summed E-state index contributed by atoms with van der Waals surface area (Å²) in [6.45, 7) is 0. The first-order valence-corrected chi connectivity index (χ1v) is 6.87. The zero-order valence-electron chi connectivity index (χ0n) is 9.58. The number of benzene rings is 2. The number of rotatable bonds is 3. The van der Waals surface area contributed by atoms with Crippen molar-refractivity contribution in [1.82, 2.24) is 0 Å². The molecule has 0 saturated carbocycles. The molecule has 0 aliphatic rings. The molecule has 0 radical (unpaired) electrons. The standard InChI is InChI=1S/C13H9BrClFN2S/c14-7-1-3-9(13(17)19)12(5-7)18-8-2-4-10(15)11(16)6-8/h1-6,18H,(H2,17,19). The second-order valence-electron chi connectivity index (χ2n) is 3.81. The predicted molar refractivity (Wildman–Crippen MR) is 84.7 cm³/mol. The minimum atomic E-state index is -0.487. The second-order valence-corrected chi connectivity index (χ2v) is 5.57. The Kier molecular flexibility index (Phi) is 4.39. The maximum Gasteiger partial charge on any atom is 0.143 e. The van der Waals surface area contributed by atoms with Gasteiger partial charge in [-0.15, -0.1) is 0 Å². The topological polar surface area (TPSA) is 38.0 Å².